The summed E-state index contributed by atoms with van der Waals surface area (Å²) in [6.45, 7) is 3.58. The number of rotatable bonds is 10. The first kappa shape index (κ1) is 24.9. The van der Waals surface area contributed by atoms with Crippen LogP contribution in [0.1, 0.15) is 54.9 Å². The Morgan fingerprint density at radius 2 is 1.73 bits per heavy atom. The average Bonchev–Trinajstić information content (AvgIpc) is 3.68. The van der Waals surface area contributed by atoms with Gasteiger partial charge in [0.25, 0.3) is 0 Å². The van der Waals surface area contributed by atoms with Crippen LogP contribution in [-0.2, 0) is 37.8 Å². The molecule has 0 N–H and O–H groups in total. The van der Waals surface area contributed by atoms with E-state index in [9.17, 15) is 0 Å². The highest BCUT2D eigenvalue weighted by Crippen LogP contribution is 2.52. The maximum Gasteiger partial charge on any atom is 0.200 e. The van der Waals surface area contributed by atoms with Crippen LogP contribution in [0, 0.1) is 0 Å². The van der Waals surface area contributed by atoms with Crippen LogP contribution >= 0.6 is 11.6 Å². The molecule has 2 heterocycles. The molecule has 2 aliphatic heterocycles. The molecule has 3 atom stereocenters. The zero-order valence-corrected chi connectivity index (χ0v) is 21.9. The summed E-state index contributed by atoms with van der Waals surface area (Å²) in [6, 6.07) is 24.5. The Hall–Kier alpha value is -2.41. The molecule has 2 bridgehead atoms. The first-order valence-corrected chi connectivity index (χ1v) is 13.6. The SMILES string of the molecule is CCOc1ccc(Cc2cc(C34CC(OCc5ccccc5)CC(OC5CC5)(CO3)O4)ccc2Cl)cc1. The van der Waals surface area contributed by atoms with Gasteiger partial charge < -0.3 is 23.7 Å². The highest BCUT2D eigenvalue weighted by molar-refractivity contribution is 6.31. The average molecular weight is 521 g/mol. The van der Waals surface area contributed by atoms with E-state index in [1.807, 2.05) is 49.4 Å². The zero-order valence-electron chi connectivity index (χ0n) is 21.2. The molecule has 5 nitrogen and oxygen atoms in total. The third-order valence-corrected chi connectivity index (χ3v) is 7.63. The molecular formula is C31H33ClO5. The van der Waals surface area contributed by atoms with Crippen molar-refractivity contribution in [1.29, 1.82) is 0 Å². The Balaban J connectivity index is 1.25. The quantitative estimate of drug-likeness (QED) is 0.295. The van der Waals surface area contributed by atoms with E-state index in [1.54, 1.807) is 0 Å². The second kappa shape index (κ2) is 10.4. The lowest BCUT2D eigenvalue weighted by molar-refractivity contribution is -0.320. The Morgan fingerprint density at radius 1 is 0.919 bits per heavy atom. The third kappa shape index (κ3) is 5.57. The number of benzene rings is 3. The van der Waals surface area contributed by atoms with Crippen LogP contribution in [0.15, 0.2) is 72.8 Å². The van der Waals surface area contributed by atoms with E-state index in [2.05, 4.69) is 30.3 Å². The molecule has 0 aromatic heterocycles. The van der Waals surface area contributed by atoms with E-state index in [0.29, 0.717) is 39.1 Å². The van der Waals surface area contributed by atoms with Gasteiger partial charge in [0.1, 0.15) is 12.4 Å². The maximum atomic E-state index is 6.70. The monoisotopic (exact) mass is 520 g/mol. The molecule has 1 saturated carbocycles. The number of ether oxygens (including phenoxy) is 5. The van der Waals surface area contributed by atoms with Crippen molar-refractivity contribution >= 4 is 11.6 Å². The van der Waals surface area contributed by atoms with Crippen LogP contribution < -0.4 is 4.74 Å². The molecule has 0 spiro atoms. The smallest absolute Gasteiger partial charge is 0.200 e. The van der Waals surface area contributed by atoms with Gasteiger partial charge in [0.05, 0.1) is 25.4 Å². The Kier molecular flexibility index (Phi) is 6.99. The number of fused-ring (bicyclic) bond motifs is 2. The minimum absolute atomic E-state index is 0.0551. The first-order chi connectivity index (χ1) is 18.0. The van der Waals surface area contributed by atoms with E-state index in [4.69, 9.17) is 35.3 Å². The molecule has 37 heavy (non-hydrogen) atoms. The Morgan fingerprint density at radius 3 is 2.49 bits per heavy atom. The van der Waals surface area contributed by atoms with Crippen LogP contribution in [-0.4, -0.2) is 31.2 Å². The summed E-state index contributed by atoms with van der Waals surface area (Å²) < 4.78 is 31.6. The largest absolute Gasteiger partial charge is 0.494 e. The first-order valence-electron chi connectivity index (χ1n) is 13.2. The van der Waals surface area contributed by atoms with Crippen molar-refractivity contribution in [3.8, 4) is 5.75 Å². The highest BCUT2D eigenvalue weighted by atomic mass is 35.5. The summed E-state index contributed by atoms with van der Waals surface area (Å²) in [5.74, 6) is -0.837. The fraction of sp³-hybridized carbons (Fsp3) is 0.419. The molecule has 3 aliphatic rings. The fourth-order valence-corrected chi connectivity index (χ4v) is 5.49. The summed E-state index contributed by atoms with van der Waals surface area (Å²) in [7, 11) is 0. The van der Waals surface area contributed by atoms with Gasteiger partial charge in [-0.3, -0.25) is 0 Å². The number of halogens is 1. The van der Waals surface area contributed by atoms with Gasteiger partial charge in [-0.15, -0.1) is 0 Å². The zero-order chi connectivity index (χ0) is 25.3. The van der Waals surface area contributed by atoms with E-state index in [-0.39, 0.29) is 12.2 Å². The van der Waals surface area contributed by atoms with Gasteiger partial charge in [0, 0.05) is 23.4 Å². The van der Waals surface area contributed by atoms with Gasteiger partial charge >= 0.3 is 0 Å². The van der Waals surface area contributed by atoms with Gasteiger partial charge in [0.15, 0.2) is 5.79 Å². The van der Waals surface area contributed by atoms with Gasteiger partial charge in [-0.2, -0.15) is 0 Å². The Bertz CT molecular complexity index is 1210. The summed E-state index contributed by atoms with van der Waals surface area (Å²) in [5, 5.41) is 0.722. The van der Waals surface area contributed by atoms with Crippen LogP contribution in [0.2, 0.25) is 5.02 Å². The molecule has 6 rings (SSSR count). The van der Waals surface area contributed by atoms with Crippen molar-refractivity contribution in [3.05, 3.63) is 100 Å². The molecule has 3 fully saturated rings. The van der Waals surface area contributed by atoms with Crippen LogP contribution in [0.25, 0.3) is 0 Å². The third-order valence-electron chi connectivity index (χ3n) is 7.26. The van der Waals surface area contributed by atoms with E-state index < -0.39 is 11.6 Å². The lowest BCUT2D eigenvalue weighted by Crippen LogP contribution is -2.48. The highest BCUT2D eigenvalue weighted by Gasteiger charge is 2.60. The van der Waals surface area contributed by atoms with Crippen molar-refractivity contribution in [2.45, 2.75) is 69.4 Å². The van der Waals surface area contributed by atoms with Crippen molar-refractivity contribution in [1.82, 2.24) is 0 Å². The molecule has 0 amide bonds. The van der Waals surface area contributed by atoms with Crippen molar-refractivity contribution in [2.75, 3.05) is 13.2 Å². The minimum Gasteiger partial charge on any atom is -0.494 e. The second-order valence-electron chi connectivity index (χ2n) is 10.3. The van der Waals surface area contributed by atoms with Gasteiger partial charge in [-0.25, -0.2) is 0 Å². The second-order valence-corrected chi connectivity index (χ2v) is 10.7. The summed E-state index contributed by atoms with van der Waals surface area (Å²) in [5.41, 5.74) is 4.29. The standard InChI is InChI=1S/C31H33ClO5/c1-2-33-26-11-8-22(9-12-26)16-24-17-25(10-15-29(24)32)31-19-28(34-20-23-6-4-3-5-7-23)18-30(37-31,21-35-31)36-27-13-14-27/h3-12,15,17,27-28H,2,13-14,16,18-21H2,1H3. The number of hydrogen-bond donors (Lipinski definition) is 0. The lowest BCUT2D eigenvalue weighted by Gasteiger charge is -2.41. The van der Waals surface area contributed by atoms with Crippen LogP contribution in [0.3, 0.4) is 0 Å². The molecule has 0 radical (unpaired) electrons. The van der Waals surface area contributed by atoms with E-state index in [0.717, 1.165) is 45.9 Å². The molecule has 3 unspecified atom stereocenters. The molecule has 3 aromatic carbocycles. The van der Waals surface area contributed by atoms with Crippen LogP contribution in [0.4, 0.5) is 0 Å². The Labute approximate surface area is 223 Å². The van der Waals surface area contributed by atoms with E-state index >= 15 is 0 Å². The van der Waals surface area contributed by atoms with Crippen molar-refractivity contribution in [2.24, 2.45) is 0 Å². The molecule has 194 valence electrons. The van der Waals surface area contributed by atoms with E-state index in [1.165, 1.54) is 0 Å². The summed E-state index contributed by atoms with van der Waals surface area (Å²) in [6.07, 6.45) is 4.28. The van der Waals surface area contributed by atoms with Crippen LogP contribution in [0.5, 0.6) is 5.75 Å². The van der Waals surface area contributed by atoms with Crippen molar-refractivity contribution in [3.63, 3.8) is 0 Å². The lowest BCUT2D eigenvalue weighted by atomic mass is 9.91. The predicted molar refractivity (Wildman–Crippen MR) is 142 cm³/mol. The fourth-order valence-electron chi connectivity index (χ4n) is 5.31. The maximum absolute atomic E-state index is 6.70. The summed E-state index contributed by atoms with van der Waals surface area (Å²) >= 11 is 6.66. The van der Waals surface area contributed by atoms with Gasteiger partial charge in [-0.05, 0) is 67.1 Å². The van der Waals surface area contributed by atoms with Gasteiger partial charge in [-0.1, -0.05) is 60.1 Å². The molecular weight excluding hydrogens is 488 g/mol. The van der Waals surface area contributed by atoms with Gasteiger partial charge in [0.2, 0.25) is 5.79 Å². The molecule has 6 heteroatoms. The minimum atomic E-state index is -0.924. The summed E-state index contributed by atoms with van der Waals surface area (Å²) in [4.78, 5) is 0. The molecule has 2 saturated heterocycles. The number of hydrogen-bond acceptors (Lipinski definition) is 5. The normalized spacial score (nSPS) is 26.8. The molecule has 3 aromatic rings. The topological polar surface area (TPSA) is 46.2 Å². The van der Waals surface area contributed by atoms with Crippen molar-refractivity contribution < 1.29 is 23.7 Å². The predicted octanol–water partition coefficient (Wildman–Crippen LogP) is 6.78. The molecule has 1 aliphatic carbocycles.